The second kappa shape index (κ2) is 9.14. The van der Waals surface area contributed by atoms with Crippen LogP contribution < -0.4 is 0 Å². The van der Waals surface area contributed by atoms with Crippen LogP contribution in [0.1, 0.15) is 19.4 Å². The van der Waals surface area contributed by atoms with E-state index in [0.29, 0.717) is 0 Å². The molecule has 6 atom stereocenters. The largest absolute Gasteiger partial charge is 0.523 e. The highest BCUT2D eigenvalue weighted by atomic mass is 32.2. The molecule has 0 saturated carbocycles. The number of fused-ring (bicyclic) bond motifs is 1. The predicted molar refractivity (Wildman–Crippen MR) is 101 cm³/mol. The predicted octanol–water partition coefficient (Wildman–Crippen LogP) is 2.30. The summed E-state index contributed by atoms with van der Waals surface area (Å²) in [5.74, 6) is -3.15. The summed E-state index contributed by atoms with van der Waals surface area (Å²) in [6, 6.07) is 9.05. The van der Waals surface area contributed by atoms with Gasteiger partial charge in [0.1, 0.15) is 18.3 Å². The molecule has 2 saturated heterocycles. The molecule has 2 heterocycles. The van der Waals surface area contributed by atoms with E-state index in [9.17, 15) is 21.6 Å². The molecule has 1 aromatic carbocycles. The van der Waals surface area contributed by atoms with Crippen LogP contribution in [0.15, 0.2) is 30.3 Å². The standard InChI is InChI=1S/C19H25F3O9S/c1-17(25-3)18(2,26-4)30-15-14(29-17)13(31-32(23,24)19(20,21)22)11-28-16(15)27-10-12-8-6-5-7-9-12/h5-9,13-16H,10-11H2,1-4H3/t13-,14+,15-,16+,17-,18-/m0/s1. The van der Waals surface area contributed by atoms with Gasteiger partial charge in [-0.3, -0.25) is 4.18 Å². The van der Waals surface area contributed by atoms with E-state index in [1.165, 1.54) is 28.1 Å². The number of halogens is 3. The molecule has 0 aliphatic carbocycles. The minimum absolute atomic E-state index is 0.0930. The average molecular weight is 486 g/mol. The zero-order valence-corrected chi connectivity index (χ0v) is 18.6. The maximum absolute atomic E-state index is 12.9. The first-order valence-corrected chi connectivity index (χ1v) is 11.0. The molecule has 0 radical (unpaired) electrons. The Hall–Kier alpha value is -1.32. The molecule has 0 amide bonds. The Labute approximate surface area is 183 Å². The molecule has 13 heteroatoms. The zero-order chi connectivity index (χ0) is 23.8. The van der Waals surface area contributed by atoms with Crippen LogP contribution in [0.5, 0.6) is 0 Å². The normalized spacial score (nSPS) is 36.0. The molecular formula is C19H25F3O9S. The summed E-state index contributed by atoms with van der Waals surface area (Å²) in [6.45, 7) is 2.47. The molecule has 0 N–H and O–H groups in total. The summed E-state index contributed by atoms with van der Waals surface area (Å²) in [7, 11) is -3.32. The molecule has 0 aromatic heterocycles. The summed E-state index contributed by atoms with van der Waals surface area (Å²) in [5, 5.41) is 0. The van der Waals surface area contributed by atoms with Gasteiger partial charge in [0.15, 0.2) is 6.29 Å². The fourth-order valence-electron chi connectivity index (χ4n) is 3.41. The van der Waals surface area contributed by atoms with Gasteiger partial charge in [0, 0.05) is 14.2 Å². The van der Waals surface area contributed by atoms with Crippen molar-refractivity contribution >= 4 is 10.1 Å². The molecule has 3 rings (SSSR count). The highest BCUT2D eigenvalue weighted by Crippen LogP contribution is 2.44. The van der Waals surface area contributed by atoms with Crippen LogP contribution in [0, 0.1) is 0 Å². The molecule has 9 nitrogen and oxygen atoms in total. The third kappa shape index (κ3) is 4.80. The van der Waals surface area contributed by atoms with Crippen molar-refractivity contribution in [2.24, 2.45) is 0 Å². The van der Waals surface area contributed by atoms with Crippen LogP contribution in [0.4, 0.5) is 13.2 Å². The van der Waals surface area contributed by atoms with Crippen molar-refractivity contribution in [2.45, 2.75) is 62.1 Å². The van der Waals surface area contributed by atoms with Crippen molar-refractivity contribution in [3.63, 3.8) is 0 Å². The van der Waals surface area contributed by atoms with Crippen LogP contribution in [-0.2, 0) is 49.3 Å². The van der Waals surface area contributed by atoms with Gasteiger partial charge in [-0.1, -0.05) is 30.3 Å². The molecule has 182 valence electrons. The van der Waals surface area contributed by atoms with Gasteiger partial charge in [0.2, 0.25) is 11.6 Å². The topological polar surface area (TPSA) is 98.8 Å². The number of rotatable bonds is 7. The lowest BCUT2D eigenvalue weighted by molar-refractivity contribution is -0.478. The van der Waals surface area contributed by atoms with E-state index in [0.717, 1.165) is 5.56 Å². The zero-order valence-electron chi connectivity index (χ0n) is 17.8. The van der Waals surface area contributed by atoms with Crippen LogP contribution in [0.3, 0.4) is 0 Å². The number of alkyl halides is 3. The minimum atomic E-state index is -5.93. The van der Waals surface area contributed by atoms with Crippen LogP contribution in [0.2, 0.25) is 0 Å². The monoisotopic (exact) mass is 486 g/mol. The van der Waals surface area contributed by atoms with Crippen molar-refractivity contribution in [1.29, 1.82) is 0 Å². The van der Waals surface area contributed by atoms with Crippen molar-refractivity contribution < 1.29 is 54.2 Å². The molecule has 0 unspecified atom stereocenters. The van der Waals surface area contributed by atoms with Gasteiger partial charge in [-0.15, -0.1) is 0 Å². The molecule has 0 bridgehead atoms. The Bertz CT molecular complexity index is 882. The first-order chi connectivity index (χ1) is 14.9. The van der Waals surface area contributed by atoms with Gasteiger partial charge >= 0.3 is 15.6 Å². The quantitative estimate of drug-likeness (QED) is 0.425. The molecule has 0 spiro atoms. The Kier molecular flexibility index (Phi) is 7.23. The first-order valence-electron chi connectivity index (χ1n) is 9.58. The van der Waals surface area contributed by atoms with Crippen LogP contribution >= 0.6 is 0 Å². The molecule has 32 heavy (non-hydrogen) atoms. The second-order valence-electron chi connectivity index (χ2n) is 7.50. The highest BCUT2D eigenvalue weighted by Gasteiger charge is 2.63. The van der Waals surface area contributed by atoms with E-state index >= 15 is 0 Å². The van der Waals surface area contributed by atoms with Gasteiger partial charge in [-0.05, 0) is 19.4 Å². The third-order valence-electron chi connectivity index (χ3n) is 5.50. The molecule has 2 aliphatic heterocycles. The van der Waals surface area contributed by atoms with Gasteiger partial charge in [-0.2, -0.15) is 21.6 Å². The Morgan fingerprint density at radius 2 is 1.59 bits per heavy atom. The van der Waals surface area contributed by atoms with E-state index in [1.807, 2.05) is 18.2 Å². The van der Waals surface area contributed by atoms with Gasteiger partial charge in [0.25, 0.3) is 0 Å². The van der Waals surface area contributed by atoms with E-state index in [2.05, 4.69) is 4.18 Å². The highest BCUT2D eigenvalue weighted by molar-refractivity contribution is 7.87. The van der Waals surface area contributed by atoms with E-state index < -0.39 is 58.4 Å². The summed E-state index contributed by atoms with van der Waals surface area (Å²) >= 11 is 0. The summed E-state index contributed by atoms with van der Waals surface area (Å²) in [6.07, 6.45) is -5.35. The van der Waals surface area contributed by atoms with Crippen molar-refractivity contribution in [1.82, 2.24) is 0 Å². The second-order valence-corrected chi connectivity index (χ2v) is 9.06. The van der Waals surface area contributed by atoms with Gasteiger partial charge in [0.05, 0.1) is 13.2 Å². The molecule has 1 aromatic rings. The lowest BCUT2D eigenvalue weighted by atomic mass is 9.98. The van der Waals surface area contributed by atoms with Crippen molar-refractivity contribution in [2.75, 3.05) is 20.8 Å². The van der Waals surface area contributed by atoms with Crippen molar-refractivity contribution in [3.05, 3.63) is 35.9 Å². The number of ether oxygens (including phenoxy) is 6. The Morgan fingerprint density at radius 1 is 1.03 bits per heavy atom. The molecular weight excluding hydrogens is 461 g/mol. The smallest absolute Gasteiger partial charge is 0.349 e. The van der Waals surface area contributed by atoms with E-state index in [1.54, 1.807) is 12.1 Å². The van der Waals surface area contributed by atoms with Crippen LogP contribution in [-0.4, -0.2) is 70.9 Å². The van der Waals surface area contributed by atoms with Gasteiger partial charge < -0.3 is 28.4 Å². The third-order valence-corrected chi connectivity index (χ3v) is 6.57. The number of hydrogen-bond donors (Lipinski definition) is 0. The summed E-state index contributed by atoms with van der Waals surface area (Å²) in [4.78, 5) is 0. The maximum Gasteiger partial charge on any atom is 0.523 e. The van der Waals surface area contributed by atoms with Crippen molar-refractivity contribution in [3.8, 4) is 0 Å². The molecule has 2 fully saturated rings. The SMILES string of the molecule is CO[C@@]1(C)O[C@@H]2[C@H](OCc3ccccc3)OC[C@H](OS(=O)(=O)C(F)(F)F)[C@H]2O[C@]1(C)OC. The number of methoxy groups -OCH3 is 2. The fourth-order valence-corrected chi connectivity index (χ4v) is 4.01. The van der Waals surface area contributed by atoms with Gasteiger partial charge in [-0.25, -0.2) is 0 Å². The lowest BCUT2D eigenvalue weighted by Crippen LogP contribution is -2.71. The Balaban J connectivity index is 1.88. The fraction of sp³-hybridized carbons (Fsp3) is 0.684. The molecule has 2 aliphatic rings. The number of hydrogen-bond acceptors (Lipinski definition) is 9. The minimum Gasteiger partial charge on any atom is -0.349 e. The summed E-state index contributed by atoms with van der Waals surface area (Å²) < 4.78 is 100. The average Bonchev–Trinajstić information content (AvgIpc) is 2.74. The summed E-state index contributed by atoms with van der Waals surface area (Å²) in [5.41, 5.74) is -4.82. The number of benzene rings is 1. The lowest BCUT2D eigenvalue weighted by Gasteiger charge is -2.55. The van der Waals surface area contributed by atoms with E-state index in [4.69, 9.17) is 28.4 Å². The maximum atomic E-state index is 12.9. The van der Waals surface area contributed by atoms with Crippen LogP contribution in [0.25, 0.3) is 0 Å². The Morgan fingerprint density at radius 3 is 2.12 bits per heavy atom. The van der Waals surface area contributed by atoms with E-state index in [-0.39, 0.29) is 6.61 Å². The first kappa shape index (κ1) is 25.3.